The van der Waals surface area contributed by atoms with Crippen molar-refractivity contribution in [2.24, 2.45) is 14.1 Å². The van der Waals surface area contributed by atoms with E-state index in [1.807, 2.05) is 0 Å². The molecule has 0 spiro atoms. The van der Waals surface area contributed by atoms with Gasteiger partial charge in [0.15, 0.2) is 5.78 Å². The number of anilines is 1. The second-order valence-electron chi connectivity index (χ2n) is 5.71. The van der Waals surface area contributed by atoms with Gasteiger partial charge >= 0.3 is 5.69 Å². The molecule has 0 saturated carbocycles. The van der Waals surface area contributed by atoms with Gasteiger partial charge in [0.25, 0.3) is 10.8 Å². The molecule has 3 rings (SSSR count). The molecule has 3 aromatic heterocycles. The maximum atomic E-state index is 12.8. The first-order chi connectivity index (χ1) is 12.8. The Balaban J connectivity index is 1.87. The number of ketones is 1. The van der Waals surface area contributed by atoms with Gasteiger partial charge in [-0.25, -0.2) is 4.79 Å². The van der Waals surface area contributed by atoms with E-state index in [4.69, 9.17) is 10.2 Å². The van der Waals surface area contributed by atoms with Crippen molar-refractivity contribution < 1.29 is 9.21 Å². The lowest BCUT2D eigenvalue weighted by atomic mass is 10.1. The van der Waals surface area contributed by atoms with Gasteiger partial charge in [0.2, 0.25) is 5.89 Å². The van der Waals surface area contributed by atoms with Crippen LogP contribution in [0.15, 0.2) is 43.8 Å². The summed E-state index contributed by atoms with van der Waals surface area (Å²) in [5.74, 6) is -0.445. The van der Waals surface area contributed by atoms with Crippen LogP contribution in [-0.4, -0.2) is 35.3 Å². The average molecular weight is 388 g/mol. The smallest absolute Gasteiger partial charge is 0.332 e. The van der Waals surface area contributed by atoms with E-state index in [1.165, 1.54) is 14.1 Å². The summed E-state index contributed by atoms with van der Waals surface area (Å²) >= 11 is 0.994. The second kappa shape index (κ2) is 7.19. The molecule has 0 bridgehead atoms. The van der Waals surface area contributed by atoms with Crippen LogP contribution in [0.3, 0.4) is 0 Å². The summed E-state index contributed by atoms with van der Waals surface area (Å²) < 4.78 is 7.43. The van der Waals surface area contributed by atoms with Gasteiger partial charge in [-0.1, -0.05) is 11.8 Å². The zero-order valence-electron chi connectivity index (χ0n) is 14.7. The molecule has 0 aliphatic rings. The molecule has 0 fully saturated rings. The molecule has 0 aliphatic heterocycles. The van der Waals surface area contributed by atoms with Gasteiger partial charge in [0, 0.05) is 26.5 Å². The molecule has 27 heavy (non-hydrogen) atoms. The van der Waals surface area contributed by atoms with Gasteiger partial charge in [-0.15, -0.1) is 10.2 Å². The Morgan fingerprint density at radius 3 is 2.67 bits per heavy atom. The van der Waals surface area contributed by atoms with E-state index in [0.29, 0.717) is 5.56 Å². The Kier molecular flexibility index (Phi) is 4.95. The summed E-state index contributed by atoms with van der Waals surface area (Å²) in [6.07, 6.45) is 3.19. The molecule has 11 heteroatoms. The van der Waals surface area contributed by atoms with Crippen molar-refractivity contribution in [2.45, 2.75) is 17.4 Å². The predicted molar refractivity (Wildman–Crippen MR) is 98.5 cm³/mol. The van der Waals surface area contributed by atoms with Gasteiger partial charge in [0.1, 0.15) is 11.4 Å². The number of carbonyl (C=O) groups is 1. The van der Waals surface area contributed by atoms with E-state index in [-0.39, 0.29) is 22.5 Å². The minimum absolute atomic E-state index is 0.162. The first-order valence-corrected chi connectivity index (χ1v) is 8.69. The van der Waals surface area contributed by atoms with Crippen LogP contribution in [0, 0.1) is 0 Å². The minimum atomic E-state index is -0.741. The third-order valence-corrected chi connectivity index (χ3v) is 4.85. The molecule has 1 unspecified atom stereocenters. The minimum Gasteiger partial charge on any atom is -0.411 e. The molecule has 2 N–H and O–H groups in total. The van der Waals surface area contributed by atoms with Crippen LogP contribution in [0.1, 0.15) is 17.3 Å². The summed E-state index contributed by atoms with van der Waals surface area (Å²) in [5, 5.41) is 7.25. The van der Waals surface area contributed by atoms with Gasteiger partial charge in [-0.05, 0) is 19.1 Å². The topological polar surface area (TPSA) is 139 Å². The quantitative estimate of drug-likeness (QED) is 0.488. The van der Waals surface area contributed by atoms with Crippen molar-refractivity contribution in [3.05, 3.63) is 50.9 Å². The summed E-state index contributed by atoms with van der Waals surface area (Å²) in [5.41, 5.74) is 4.88. The van der Waals surface area contributed by atoms with Crippen LogP contribution < -0.4 is 17.0 Å². The molecule has 140 valence electrons. The Morgan fingerprint density at radius 2 is 2.00 bits per heavy atom. The number of nitrogen functional groups attached to an aromatic ring is 1. The molecule has 0 aliphatic carbocycles. The Labute approximate surface area is 157 Å². The Bertz CT molecular complexity index is 1120. The van der Waals surface area contributed by atoms with Crippen LogP contribution in [0.2, 0.25) is 0 Å². The third kappa shape index (κ3) is 3.40. The lowest BCUT2D eigenvalue weighted by molar-refractivity contribution is 0.0991. The fourth-order valence-corrected chi connectivity index (χ4v) is 3.11. The number of nitrogens with two attached hydrogens (primary N) is 1. The van der Waals surface area contributed by atoms with E-state index in [2.05, 4.69) is 15.2 Å². The van der Waals surface area contributed by atoms with Crippen LogP contribution in [0.4, 0.5) is 5.82 Å². The number of rotatable bonds is 5. The van der Waals surface area contributed by atoms with Gasteiger partial charge in [0.05, 0.1) is 10.8 Å². The molecular formula is C16H16N6O4S. The molecule has 0 radical (unpaired) electrons. The number of hydrogen-bond acceptors (Lipinski definition) is 9. The number of nitrogens with zero attached hydrogens (tertiary/aromatic N) is 5. The monoisotopic (exact) mass is 388 g/mol. The molecule has 1 atom stereocenters. The van der Waals surface area contributed by atoms with E-state index >= 15 is 0 Å². The van der Waals surface area contributed by atoms with Crippen LogP contribution >= 0.6 is 11.8 Å². The highest BCUT2D eigenvalue weighted by atomic mass is 32.2. The zero-order valence-corrected chi connectivity index (χ0v) is 15.6. The number of carbonyl (C=O) groups excluding carboxylic acids is 1. The highest BCUT2D eigenvalue weighted by Crippen LogP contribution is 2.27. The molecular weight excluding hydrogens is 372 g/mol. The van der Waals surface area contributed by atoms with Crippen LogP contribution in [-0.2, 0) is 14.1 Å². The van der Waals surface area contributed by atoms with Crippen molar-refractivity contribution in [3.8, 4) is 11.5 Å². The molecule has 3 heterocycles. The fraction of sp³-hybridized carbons (Fsp3) is 0.250. The summed E-state index contributed by atoms with van der Waals surface area (Å²) in [6.45, 7) is 1.59. The molecule has 0 amide bonds. The number of hydrogen-bond donors (Lipinski definition) is 1. The standard InChI is InChI=1S/C16H16N6O4S/c1-8(11(23)10-12(17)21(2)16(25)22(3)14(10)24)27-15-20-19-13(26-15)9-5-4-6-18-7-9/h4-8H,17H2,1-3H3. The molecule has 0 saturated heterocycles. The lowest BCUT2D eigenvalue weighted by Crippen LogP contribution is -2.42. The van der Waals surface area contributed by atoms with Gasteiger partial charge < -0.3 is 10.2 Å². The highest BCUT2D eigenvalue weighted by Gasteiger charge is 2.27. The highest BCUT2D eigenvalue weighted by molar-refractivity contribution is 8.00. The normalized spacial score (nSPS) is 12.1. The fourth-order valence-electron chi connectivity index (χ4n) is 2.36. The largest absolute Gasteiger partial charge is 0.411 e. The van der Waals surface area contributed by atoms with Crippen LogP contribution in [0.25, 0.3) is 11.5 Å². The second-order valence-corrected chi connectivity index (χ2v) is 7.00. The summed E-state index contributed by atoms with van der Waals surface area (Å²) in [4.78, 5) is 40.9. The average Bonchev–Trinajstić information content (AvgIpc) is 3.14. The van der Waals surface area contributed by atoms with E-state index in [9.17, 15) is 14.4 Å². The maximum absolute atomic E-state index is 12.8. The lowest BCUT2D eigenvalue weighted by Gasteiger charge is -2.13. The van der Waals surface area contributed by atoms with Gasteiger partial charge in [-0.3, -0.25) is 23.7 Å². The van der Waals surface area contributed by atoms with E-state index < -0.39 is 22.3 Å². The molecule has 0 aromatic carbocycles. The maximum Gasteiger partial charge on any atom is 0.332 e. The zero-order chi connectivity index (χ0) is 19.7. The molecule has 3 aromatic rings. The van der Waals surface area contributed by atoms with E-state index in [1.54, 1.807) is 31.5 Å². The van der Waals surface area contributed by atoms with E-state index in [0.717, 1.165) is 20.9 Å². The first-order valence-electron chi connectivity index (χ1n) is 7.81. The number of aromatic nitrogens is 5. The Morgan fingerprint density at radius 1 is 1.26 bits per heavy atom. The predicted octanol–water partition coefficient (Wildman–Crippen LogP) is 0.475. The van der Waals surface area contributed by atoms with Gasteiger partial charge in [-0.2, -0.15) is 0 Å². The first kappa shape index (κ1) is 18.6. The Hall–Kier alpha value is -3.21. The number of pyridine rings is 1. The van der Waals surface area contributed by atoms with Crippen LogP contribution in [0.5, 0.6) is 0 Å². The van der Waals surface area contributed by atoms with Crippen molar-refractivity contribution in [1.82, 2.24) is 24.3 Å². The van der Waals surface area contributed by atoms with Crippen molar-refractivity contribution in [3.63, 3.8) is 0 Å². The number of thioether (sulfide) groups is 1. The SMILES string of the molecule is CC(Sc1nnc(-c2cccnc2)o1)C(=O)c1c(N)n(C)c(=O)n(C)c1=O. The number of Topliss-reactive ketones (excluding diaryl/α,β-unsaturated/α-hetero) is 1. The summed E-state index contributed by atoms with van der Waals surface area (Å²) in [7, 11) is 2.68. The summed E-state index contributed by atoms with van der Waals surface area (Å²) in [6, 6.07) is 3.50. The molecule has 10 nitrogen and oxygen atoms in total. The van der Waals surface area contributed by atoms with Crippen molar-refractivity contribution in [1.29, 1.82) is 0 Å². The third-order valence-electron chi connectivity index (χ3n) is 3.92. The van der Waals surface area contributed by atoms with Crippen molar-refractivity contribution >= 4 is 23.4 Å². The van der Waals surface area contributed by atoms with Crippen molar-refractivity contribution in [2.75, 3.05) is 5.73 Å².